The number of esters is 4. The van der Waals surface area contributed by atoms with E-state index in [9.17, 15) is 24.0 Å². The van der Waals surface area contributed by atoms with Crippen LogP contribution in [0.15, 0.2) is 23.0 Å². The molecule has 1 aromatic carbocycles. The zero-order chi connectivity index (χ0) is 26.4. The number of nitrogens with zero attached hydrogens (tertiary/aromatic N) is 1. The standard InChI is InChI=1S/C25H31NO9/c1-13-8-9-20-14(2)10-23(31)26(24(20)15(13)3)11-21(33-17(5)28)25(35-19(7)30)22(34-18(6)29)12-32-16(4)27/h8-10,21-22,25H,11-12H2,1-7H3/t21-,22+,25-/m0/s1. The van der Waals surface area contributed by atoms with Crippen molar-refractivity contribution in [2.24, 2.45) is 0 Å². The summed E-state index contributed by atoms with van der Waals surface area (Å²) in [6, 6.07) is 5.31. The van der Waals surface area contributed by atoms with E-state index in [-0.39, 0.29) is 12.1 Å². The molecule has 0 saturated heterocycles. The maximum atomic E-state index is 13.1. The Bertz CT molecular complexity index is 1200. The van der Waals surface area contributed by atoms with Gasteiger partial charge >= 0.3 is 23.9 Å². The van der Waals surface area contributed by atoms with Gasteiger partial charge in [-0.05, 0) is 37.5 Å². The molecule has 0 amide bonds. The lowest BCUT2D eigenvalue weighted by molar-refractivity contribution is -0.190. The van der Waals surface area contributed by atoms with Gasteiger partial charge in [-0.1, -0.05) is 12.1 Å². The average Bonchev–Trinajstić information content (AvgIpc) is 2.73. The highest BCUT2D eigenvalue weighted by Gasteiger charge is 2.38. The largest absolute Gasteiger partial charge is 0.462 e. The van der Waals surface area contributed by atoms with Crippen molar-refractivity contribution in [1.29, 1.82) is 0 Å². The van der Waals surface area contributed by atoms with Crippen LogP contribution in [-0.2, 0) is 44.7 Å². The number of fused-ring (bicyclic) bond motifs is 1. The maximum Gasteiger partial charge on any atom is 0.303 e. The summed E-state index contributed by atoms with van der Waals surface area (Å²) in [5.41, 5.74) is 2.86. The molecule has 1 aromatic heterocycles. The summed E-state index contributed by atoms with van der Waals surface area (Å²) < 4.78 is 22.6. The molecular weight excluding hydrogens is 458 g/mol. The Kier molecular flexibility index (Phi) is 9.16. The Morgan fingerprint density at radius 3 is 1.91 bits per heavy atom. The molecule has 0 radical (unpaired) electrons. The van der Waals surface area contributed by atoms with Crippen LogP contribution in [0.4, 0.5) is 0 Å². The molecule has 0 bridgehead atoms. The van der Waals surface area contributed by atoms with Gasteiger partial charge in [0.25, 0.3) is 5.56 Å². The molecular formula is C25H31NO9. The Labute approximate surface area is 203 Å². The van der Waals surface area contributed by atoms with Crippen molar-refractivity contribution in [1.82, 2.24) is 4.57 Å². The fraction of sp³-hybridized carbons (Fsp3) is 0.480. The van der Waals surface area contributed by atoms with E-state index in [1.54, 1.807) is 0 Å². The molecule has 2 rings (SSSR count). The molecule has 10 nitrogen and oxygen atoms in total. The predicted octanol–water partition coefficient (Wildman–Crippen LogP) is 2.28. The molecule has 0 aliphatic carbocycles. The quantitative estimate of drug-likeness (QED) is 0.385. The summed E-state index contributed by atoms with van der Waals surface area (Å²) in [6.07, 6.45) is -3.91. The number of carbonyl (C=O) groups is 4. The minimum absolute atomic E-state index is 0.213. The van der Waals surface area contributed by atoms with Gasteiger partial charge in [-0.3, -0.25) is 24.0 Å². The van der Waals surface area contributed by atoms with Crippen LogP contribution in [0.2, 0.25) is 0 Å². The van der Waals surface area contributed by atoms with E-state index in [1.807, 2.05) is 32.9 Å². The number of hydrogen-bond acceptors (Lipinski definition) is 9. The summed E-state index contributed by atoms with van der Waals surface area (Å²) >= 11 is 0. The molecule has 190 valence electrons. The summed E-state index contributed by atoms with van der Waals surface area (Å²) in [4.78, 5) is 60.3. The summed E-state index contributed by atoms with van der Waals surface area (Å²) in [5.74, 6) is -2.84. The molecule has 0 aliphatic heterocycles. The third-order valence-electron chi connectivity index (χ3n) is 5.49. The number of ether oxygens (including phenoxy) is 4. The summed E-state index contributed by atoms with van der Waals surface area (Å²) in [6.45, 7) is 9.54. The lowest BCUT2D eigenvalue weighted by atomic mass is 10.0. The van der Waals surface area contributed by atoms with Crippen LogP contribution in [0.25, 0.3) is 10.9 Å². The van der Waals surface area contributed by atoms with Crippen molar-refractivity contribution in [3.63, 3.8) is 0 Å². The lowest BCUT2D eigenvalue weighted by Gasteiger charge is -2.32. The lowest BCUT2D eigenvalue weighted by Crippen LogP contribution is -2.49. The molecule has 2 aromatic rings. The van der Waals surface area contributed by atoms with E-state index in [1.165, 1.54) is 17.6 Å². The van der Waals surface area contributed by atoms with Gasteiger partial charge in [-0.2, -0.15) is 0 Å². The van der Waals surface area contributed by atoms with E-state index in [4.69, 9.17) is 18.9 Å². The average molecular weight is 490 g/mol. The molecule has 1 heterocycles. The molecule has 0 spiro atoms. The predicted molar refractivity (Wildman–Crippen MR) is 126 cm³/mol. The molecule has 0 unspecified atom stereocenters. The van der Waals surface area contributed by atoms with Crippen molar-refractivity contribution >= 4 is 34.8 Å². The fourth-order valence-corrected chi connectivity index (χ4v) is 3.89. The Morgan fingerprint density at radius 2 is 1.37 bits per heavy atom. The highest BCUT2D eigenvalue weighted by atomic mass is 16.6. The first-order chi connectivity index (χ1) is 16.3. The van der Waals surface area contributed by atoms with E-state index in [0.717, 1.165) is 42.8 Å². The van der Waals surface area contributed by atoms with Crippen LogP contribution < -0.4 is 5.56 Å². The van der Waals surface area contributed by atoms with Gasteiger partial charge in [-0.25, -0.2) is 0 Å². The summed E-state index contributed by atoms with van der Waals surface area (Å²) in [5, 5.41) is 0.828. The zero-order valence-corrected chi connectivity index (χ0v) is 21.0. The number of hydrogen-bond donors (Lipinski definition) is 0. The van der Waals surface area contributed by atoms with Crippen LogP contribution >= 0.6 is 0 Å². The minimum atomic E-state index is -1.37. The van der Waals surface area contributed by atoms with Gasteiger partial charge in [0.05, 0.1) is 12.1 Å². The molecule has 0 aliphatic rings. The fourth-order valence-electron chi connectivity index (χ4n) is 3.89. The van der Waals surface area contributed by atoms with Gasteiger partial charge in [0.1, 0.15) is 6.61 Å². The number of carbonyl (C=O) groups excluding carboxylic acids is 4. The number of pyridine rings is 1. The van der Waals surface area contributed by atoms with Gasteiger partial charge in [0.2, 0.25) is 0 Å². The zero-order valence-electron chi connectivity index (χ0n) is 21.0. The van der Waals surface area contributed by atoms with E-state index in [2.05, 4.69) is 0 Å². The van der Waals surface area contributed by atoms with Crippen LogP contribution in [0, 0.1) is 20.8 Å². The second-order valence-electron chi connectivity index (χ2n) is 8.35. The van der Waals surface area contributed by atoms with Crippen molar-refractivity contribution < 1.29 is 38.1 Å². The Balaban J connectivity index is 2.68. The normalized spacial score (nSPS) is 13.5. The minimum Gasteiger partial charge on any atom is -0.462 e. The monoisotopic (exact) mass is 489 g/mol. The molecule has 10 heteroatoms. The Hall–Kier alpha value is -3.69. The number of aryl methyl sites for hydroxylation is 3. The first kappa shape index (κ1) is 27.6. The first-order valence-corrected chi connectivity index (χ1v) is 11.1. The van der Waals surface area contributed by atoms with E-state index < -0.39 is 48.8 Å². The SMILES string of the molecule is CC(=O)OC[C@@H](OC(C)=O)[C@@H](OC(C)=O)[C@H](Cn1c(=O)cc(C)c2ccc(C)c(C)c21)OC(C)=O. The number of aromatic nitrogens is 1. The van der Waals surface area contributed by atoms with Crippen LogP contribution in [0.1, 0.15) is 44.4 Å². The van der Waals surface area contributed by atoms with Crippen molar-refractivity contribution in [2.45, 2.75) is 73.3 Å². The van der Waals surface area contributed by atoms with Crippen molar-refractivity contribution in [3.8, 4) is 0 Å². The van der Waals surface area contributed by atoms with E-state index >= 15 is 0 Å². The second kappa shape index (κ2) is 11.6. The highest BCUT2D eigenvalue weighted by Crippen LogP contribution is 2.25. The van der Waals surface area contributed by atoms with Gasteiger partial charge in [-0.15, -0.1) is 0 Å². The van der Waals surface area contributed by atoms with Gasteiger partial charge in [0.15, 0.2) is 18.3 Å². The molecule has 0 N–H and O–H groups in total. The Morgan fingerprint density at radius 1 is 0.800 bits per heavy atom. The summed E-state index contributed by atoms with van der Waals surface area (Å²) in [7, 11) is 0. The number of rotatable bonds is 9. The van der Waals surface area contributed by atoms with Crippen molar-refractivity contribution in [2.75, 3.05) is 6.61 Å². The van der Waals surface area contributed by atoms with Gasteiger partial charge in [0, 0.05) is 39.1 Å². The van der Waals surface area contributed by atoms with Crippen molar-refractivity contribution in [3.05, 3.63) is 45.2 Å². The third-order valence-corrected chi connectivity index (χ3v) is 5.49. The van der Waals surface area contributed by atoms with E-state index in [0.29, 0.717) is 5.52 Å². The van der Waals surface area contributed by atoms with Gasteiger partial charge < -0.3 is 23.5 Å². The topological polar surface area (TPSA) is 127 Å². The van der Waals surface area contributed by atoms with Crippen LogP contribution in [0.5, 0.6) is 0 Å². The molecule has 0 saturated carbocycles. The molecule has 35 heavy (non-hydrogen) atoms. The van der Waals surface area contributed by atoms with Crippen LogP contribution in [0.3, 0.4) is 0 Å². The first-order valence-electron chi connectivity index (χ1n) is 11.1. The highest BCUT2D eigenvalue weighted by molar-refractivity contribution is 5.86. The third kappa shape index (κ3) is 7.14. The molecule has 3 atom stereocenters. The second-order valence-corrected chi connectivity index (χ2v) is 8.35. The maximum absolute atomic E-state index is 13.1. The smallest absolute Gasteiger partial charge is 0.303 e. The molecule has 0 fully saturated rings. The van der Waals surface area contributed by atoms with Crippen LogP contribution in [-0.4, -0.2) is 53.4 Å². The number of benzene rings is 1.